The third kappa shape index (κ3) is 9.36. The van der Waals surface area contributed by atoms with Gasteiger partial charge in [0, 0.05) is 67.1 Å². The first-order chi connectivity index (χ1) is 30.6. The summed E-state index contributed by atoms with van der Waals surface area (Å²) >= 11 is 1.61. The predicted molar refractivity (Wildman–Crippen MR) is 246 cm³/mol. The van der Waals surface area contributed by atoms with E-state index in [1.165, 1.54) is 5.56 Å². The number of aryl methyl sites for hydroxylation is 1. The Morgan fingerprint density at radius 1 is 0.921 bits per heavy atom. The summed E-state index contributed by atoms with van der Waals surface area (Å²) in [5.41, 5.74) is 9.41. The standard InChI is InChI=1S/C45H43N9O4S.C4H8/c1-26(2)41(44(57)54-16-6-8-38(54)43(56)46-20-28-10-12-29(13-11-28)42-27(3)49-25-59-42)40-19-36(52-58-40)32-21-47-45(48-22-32)53-23-33(24-53)30-14-15-35-31(17-30)18-37(51-50-35)34-7-4-5-9-39(34)55;1-3-4-2/h4-5,7,9-15,17-19,21-22,25-26,33,38,41,55H,6,8,16,20,23-24H2,1-3H3,(H,46,56);3-4H,1-2H3/b;4-3-. The first kappa shape index (κ1) is 42.9. The summed E-state index contributed by atoms with van der Waals surface area (Å²) in [6, 6.07) is 24.7. The molecule has 4 aromatic heterocycles. The Morgan fingerprint density at radius 3 is 2.38 bits per heavy atom. The summed E-state index contributed by atoms with van der Waals surface area (Å²) in [7, 11) is 0. The third-order valence-electron chi connectivity index (χ3n) is 11.7. The summed E-state index contributed by atoms with van der Waals surface area (Å²) in [4.78, 5) is 46.2. The Balaban J connectivity index is 0.00000131. The SMILES string of the molecule is C/C=C\C.Cc1ncsc1-c1ccc(CNC(=O)C2CCCN2C(=O)C(c2cc(-c3cnc(N4CC(c5ccc6nnc(-c7ccccc7O)cc6c5)C4)nc3)no2)C(C)C)cc1. The van der Waals surface area contributed by atoms with Crippen molar-refractivity contribution in [1.29, 1.82) is 0 Å². The zero-order valence-corrected chi connectivity index (χ0v) is 36.9. The van der Waals surface area contributed by atoms with Crippen molar-refractivity contribution in [1.82, 2.24) is 40.5 Å². The molecule has 7 aromatic rings. The molecule has 2 unspecified atom stereocenters. The molecule has 0 aliphatic carbocycles. The number of likely N-dealkylation sites (tertiary alicyclic amines) is 1. The van der Waals surface area contributed by atoms with E-state index in [9.17, 15) is 14.7 Å². The summed E-state index contributed by atoms with van der Waals surface area (Å²) in [5, 5.41) is 27.4. The Bertz CT molecular complexity index is 2720. The summed E-state index contributed by atoms with van der Waals surface area (Å²) in [5.74, 6) is 0.541. The Morgan fingerprint density at radius 2 is 1.68 bits per heavy atom. The van der Waals surface area contributed by atoms with Crippen LogP contribution in [0.1, 0.15) is 75.0 Å². The maximum Gasteiger partial charge on any atom is 0.243 e. The smallest absolute Gasteiger partial charge is 0.243 e. The van der Waals surface area contributed by atoms with E-state index in [1.807, 2.05) is 88.7 Å². The number of nitrogens with one attached hydrogen (secondary N) is 1. The minimum Gasteiger partial charge on any atom is -0.507 e. The number of hydrogen-bond donors (Lipinski definition) is 2. The highest BCUT2D eigenvalue weighted by Crippen LogP contribution is 2.36. The van der Waals surface area contributed by atoms with Crippen molar-refractivity contribution >= 4 is 40.0 Å². The number of phenolic OH excluding ortho intramolecular Hbond substituents is 1. The molecule has 2 aliphatic rings. The van der Waals surface area contributed by atoms with Gasteiger partial charge in [0.2, 0.25) is 17.8 Å². The van der Waals surface area contributed by atoms with Crippen LogP contribution < -0.4 is 10.2 Å². The van der Waals surface area contributed by atoms with Crippen molar-refractivity contribution in [3.63, 3.8) is 0 Å². The summed E-state index contributed by atoms with van der Waals surface area (Å²) in [6.07, 6.45) is 8.81. The van der Waals surface area contributed by atoms with E-state index in [0.717, 1.165) is 52.1 Å². The number of thiazole rings is 1. The summed E-state index contributed by atoms with van der Waals surface area (Å²) in [6.45, 7) is 12.4. The van der Waals surface area contributed by atoms with Crippen LogP contribution in [0.3, 0.4) is 0 Å². The van der Waals surface area contributed by atoms with Gasteiger partial charge in [-0.1, -0.05) is 73.6 Å². The van der Waals surface area contributed by atoms with Crippen molar-refractivity contribution in [2.75, 3.05) is 24.5 Å². The Labute approximate surface area is 370 Å². The fourth-order valence-corrected chi connectivity index (χ4v) is 8.87. The van der Waals surface area contributed by atoms with Gasteiger partial charge in [0.1, 0.15) is 29.2 Å². The largest absolute Gasteiger partial charge is 0.507 e. The first-order valence-corrected chi connectivity index (χ1v) is 22.2. The lowest BCUT2D eigenvalue weighted by molar-refractivity contribution is -0.140. The van der Waals surface area contributed by atoms with Gasteiger partial charge in [0.05, 0.1) is 27.3 Å². The molecule has 322 valence electrons. The number of phenols is 1. The quantitative estimate of drug-likeness (QED) is 0.119. The number of benzene rings is 3. The van der Waals surface area contributed by atoms with E-state index in [-0.39, 0.29) is 23.5 Å². The van der Waals surface area contributed by atoms with E-state index in [2.05, 4.69) is 64.8 Å². The predicted octanol–water partition coefficient (Wildman–Crippen LogP) is 9.11. The molecule has 14 heteroatoms. The fourth-order valence-electron chi connectivity index (χ4n) is 8.06. The first-order valence-electron chi connectivity index (χ1n) is 21.4. The summed E-state index contributed by atoms with van der Waals surface area (Å²) < 4.78 is 5.82. The Hall–Kier alpha value is -6.80. The molecule has 0 bridgehead atoms. The van der Waals surface area contributed by atoms with Gasteiger partial charge in [0.15, 0.2) is 0 Å². The lowest BCUT2D eigenvalue weighted by Gasteiger charge is -2.39. The molecule has 2 aliphatic heterocycles. The van der Waals surface area contributed by atoms with Crippen LogP contribution in [0.15, 0.2) is 113 Å². The van der Waals surface area contributed by atoms with Crippen LogP contribution in [0.5, 0.6) is 5.75 Å². The number of carbonyl (C=O) groups excluding carboxylic acids is 2. The van der Waals surface area contributed by atoms with Gasteiger partial charge in [-0.2, -0.15) is 0 Å². The second kappa shape index (κ2) is 19.1. The van der Waals surface area contributed by atoms with Gasteiger partial charge < -0.3 is 24.7 Å². The minimum atomic E-state index is -0.607. The van der Waals surface area contributed by atoms with Gasteiger partial charge in [-0.15, -0.1) is 21.5 Å². The van der Waals surface area contributed by atoms with E-state index >= 15 is 0 Å². The van der Waals surface area contributed by atoms with E-state index in [4.69, 9.17) is 4.52 Å². The zero-order valence-electron chi connectivity index (χ0n) is 36.1. The molecule has 6 heterocycles. The van der Waals surface area contributed by atoms with Gasteiger partial charge >= 0.3 is 0 Å². The van der Waals surface area contributed by atoms with Crippen LogP contribution in [0.25, 0.3) is 43.9 Å². The van der Waals surface area contributed by atoms with Crippen LogP contribution in [0, 0.1) is 12.8 Å². The van der Waals surface area contributed by atoms with Crippen LogP contribution >= 0.6 is 11.3 Å². The van der Waals surface area contributed by atoms with Crippen LogP contribution in [0.4, 0.5) is 5.95 Å². The molecule has 13 nitrogen and oxygen atoms in total. The number of hydrogen-bond acceptors (Lipinski definition) is 12. The monoisotopic (exact) mass is 861 g/mol. The van der Waals surface area contributed by atoms with E-state index in [0.29, 0.717) is 59.7 Å². The minimum absolute atomic E-state index is 0.0962. The molecule has 3 aromatic carbocycles. The zero-order chi connectivity index (χ0) is 44.0. The van der Waals surface area contributed by atoms with E-state index in [1.54, 1.807) is 46.8 Å². The molecule has 2 atom stereocenters. The highest BCUT2D eigenvalue weighted by Gasteiger charge is 2.40. The number of nitrogens with zero attached hydrogens (tertiary/aromatic N) is 8. The molecule has 2 fully saturated rings. The van der Waals surface area contributed by atoms with Crippen LogP contribution in [-0.2, 0) is 16.1 Å². The van der Waals surface area contributed by atoms with Gasteiger partial charge in [-0.3, -0.25) is 9.59 Å². The molecule has 0 saturated carbocycles. The Kier molecular flexibility index (Phi) is 13.0. The number of allylic oxidation sites excluding steroid dienone is 2. The number of para-hydroxylation sites is 1. The van der Waals surface area contributed by atoms with Crippen molar-refractivity contribution in [3.05, 3.63) is 132 Å². The number of amides is 2. The van der Waals surface area contributed by atoms with Crippen molar-refractivity contribution in [3.8, 4) is 38.7 Å². The maximum atomic E-state index is 14.1. The third-order valence-corrected chi connectivity index (χ3v) is 12.7. The molecule has 9 rings (SSSR count). The number of anilines is 1. The number of rotatable bonds is 11. The van der Waals surface area contributed by atoms with Crippen molar-refractivity contribution in [2.45, 2.75) is 71.9 Å². The molecule has 2 amide bonds. The lowest BCUT2D eigenvalue weighted by atomic mass is 9.90. The second-order valence-electron chi connectivity index (χ2n) is 16.3. The van der Waals surface area contributed by atoms with E-state index < -0.39 is 12.0 Å². The highest BCUT2D eigenvalue weighted by atomic mass is 32.1. The average molecular weight is 862 g/mol. The number of aromatic hydroxyl groups is 1. The average Bonchev–Trinajstić information content (AvgIpc) is 4.08. The maximum absolute atomic E-state index is 14.1. The van der Waals surface area contributed by atoms with Gasteiger partial charge in [0.25, 0.3) is 0 Å². The lowest BCUT2D eigenvalue weighted by Crippen LogP contribution is -2.47. The van der Waals surface area contributed by atoms with Gasteiger partial charge in [-0.05, 0) is 86.6 Å². The molecule has 2 N–H and O–H groups in total. The fraction of sp³-hybridized carbons (Fsp3) is 0.306. The number of carbonyl (C=O) groups is 2. The van der Waals surface area contributed by atoms with Gasteiger partial charge in [-0.25, -0.2) is 15.0 Å². The molecule has 2 saturated heterocycles. The van der Waals surface area contributed by atoms with Crippen molar-refractivity contribution in [2.24, 2.45) is 5.92 Å². The number of fused-ring (bicyclic) bond motifs is 1. The molecular formula is C49H51N9O4S. The van der Waals surface area contributed by atoms with Crippen molar-refractivity contribution < 1.29 is 19.2 Å². The molecule has 0 radical (unpaired) electrons. The molecular weight excluding hydrogens is 811 g/mol. The molecule has 0 spiro atoms. The highest BCUT2D eigenvalue weighted by molar-refractivity contribution is 7.13. The second-order valence-corrected chi connectivity index (χ2v) is 17.2. The molecule has 63 heavy (non-hydrogen) atoms. The normalized spacial score (nSPS) is 15.7. The van der Waals surface area contributed by atoms with Crippen LogP contribution in [-0.4, -0.2) is 77.8 Å². The van der Waals surface area contributed by atoms with Crippen LogP contribution in [0.2, 0.25) is 0 Å². The number of aromatic nitrogens is 6. The topological polar surface area (TPSA) is 163 Å².